The van der Waals surface area contributed by atoms with Gasteiger partial charge in [-0.3, -0.25) is 9.59 Å². The summed E-state index contributed by atoms with van der Waals surface area (Å²) in [6.45, 7) is 5.99. The third kappa shape index (κ3) is 25.1. The summed E-state index contributed by atoms with van der Waals surface area (Å²) in [6, 6.07) is 0. The van der Waals surface area contributed by atoms with Crippen LogP contribution in [0.2, 0.25) is 0 Å². The largest absolute Gasteiger partial charge is 0.356 e. The zero-order valence-corrected chi connectivity index (χ0v) is 21.1. The van der Waals surface area contributed by atoms with Crippen LogP contribution in [0.4, 0.5) is 0 Å². The quantitative estimate of drug-likeness (QED) is 0.154. The van der Waals surface area contributed by atoms with Crippen molar-refractivity contribution in [3.8, 4) is 0 Å². The Balaban J connectivity index is 3.24. The van der Waals surface area contributed by atoms with Gasteiger partial charge in [0.1, 0.15) is 0 Å². The van der Waals surface area contributed by atoms with E-state index in [1.165, 1.54) is 89.9 Å². The summed E-state index contributed by atoms with van der Waals surface area (Å²) in [7, 11) is 0. The molecule has 0 saturated carbocycles. The number of hydrogen-bond acceptors (Lipinski definition) is 2. The Morgan fingerprint density at radius 1 is 0.419 bits per heavy atom. The van der Waals surface area contributed by atoms with Gasteiger partial charge in [0.05, 0.1) is 0 Å². The van der Waals surface area contributed by atoms with E-state index >= 15 is 0 Å². The molecule has 0 fully saturated rings. The van der Waals surface area contributed by atoms with Gasteiger partial charge in [0.25, 0.3) is 0 Å². The van der Waals surface area contributed by atoms with Gasteiger partial charge in [-0.15, -0.1) is 0 Å². The van der Waals surface area contributed by atoms with Crippen molar-refractivity contribution in [2.24, 2.45) is 0 Å². The van der Waals surface area contributed by atoms with Gasteiger partial charge in [-0.2, -0.15) is 0 Å². The van der Waals surface area contributed by atoms with Gasteiger partial charge >= 0.3 is 0 Å². The van der Waals surface area contributed by atoms with E-state index in [1.807, 2.05) is 0 Å². The molecule has 2 N–H and O–H groups in total. The van der Waals surface area contributed by atoms with Crippen molar-refractivity contribution >= 4 is 11.8 Å². The van der Waals surface area contributed by atoms with Gasteiger partial charge in [0.2, 0.25) is 11.8 Å². The second kappa shape index (κ2) is 25.2. The standard InChI is InChI=1S/C27H54N2O2/c1-3-5-7-8-9-10-11-12-13-14-15-16-18-22-26(30)29-25-21-17-19-23-27(31)28-24-20-6-4-2/h3-25H2,1-2H3,(H,28,31)(H,29,30). The number of amides is 2. The molecule has 0 rings (SSSR count). The SMILES string of the molecule is CCCCCCCCCCCCCCCC(=O)NCCCCCC(=O)NCCCCC. The Kier molecular flexibility index (Phi) is 24.3. The summed E-state index contributed by atoms with van der Waals surface area (Å²) >= 11 is 0. The predicted molar refractivity (Wildman–Crippen MR) is 134 cm³/mol. The lowest BCUT2D eigenvalue weighted by Gasteiger charge is -2.06. The van der Waals surface area contributed by atoms with Crippen LogP contribution >= 0.6 is 0 Å². The highest BCUT2D eigenvalue weighted by Gasteiger charge is 2.02. The molecule has 0 saturated heterocycles. The summed E-state index contributed by atoms with van der Waals surface area (Å²) in [5.74, 6) is 0.360. The molecule has 0 aliphatic heterocycles. The molecule has 0 heterocycles. The molecule has 31 heavy (non-hydrogen) atoms. The smallest absolute Gasteiger partial charge is 0.219 e. The van der Waals surface area contributed by atoms with Crippen molar-refractivity contribution in [2.75, 3.05) is 13.1 Å². The molecule has 0 atom stereocenters. The van der Waals surface area contributed by atoms with Crippen LogP contribution in [-0.4, -0.2) is 24.9 Å². The molecule has 0 radical (unpaired) electrons. The molecule has 2 amide bonds. The second-order valence-electron chi connectivity index (χ2n) is 9.21. The first kappa shape index (κ1) is 29.9. The van der Waals surface area contributed by atoms with Gasteiger partial charge in [0.15, 0.2) is 0 Å². The van der Waals surface area contributed by atoms with Gasteiger partial charge in [-0.05, 0) is 25.7 Å². The van der Waals surface area contributed by atoms with Crippen molar-refractivity contribution in [1.29, 1.82) is 0 Å². The van der Waals surface area contributed by atoms with Crippen molar-refractivity contribution in [1.82, 2.24) is 10.6 Å². The van der Waals surface area contributed by atoms with E-state index in [1.54, 1.807) is 0 Å². The number of hydrogen-bond donors (Lipinski definition) is 2. The molecular weight excluding hydrogens is 384 g/mol. The minimum atomic E-state index is 0.169. The highest BCUT2D eigenvalue weighted by molar-refractivity contribution is 5.76. The van der Waals surface area contributed by atoms with Gasteiger partial charge in [-0.1, -0.05) is 110 Å². The molecule has 0 bridgehead atoms. The summed E-state index contributed by atoms with van der Waals surface area (Å²) < 4.78 is 0. The first-order valence-electron chi connectivity index (χ1n) is 13.7. The molecule has 0 spiro atoms. The average molecular weight is 439 g/mol. The van der Waals surface area contributed by atoms with E-state index in [4.69, 9.17) is 0 Å². The molecular formula is C27H54N2O2. The maximum Gasteiger partial charge on any atom is 0.219 e. The van der Waals surface area contributed by atoms with E-state index in [-0.39, 0.29) is 11.8 Å². The monoisotopic (exact) mass is 438 g/mol. The van der Waals surface area contributed by atoms with Crippen LogP contribution < -0.4 is 10.6 Å². The zero-order chi connectivity index (χ0) is 22.8. The highest BCUT2D eigenvalue weighted by atomic mass is 16.2. The predicted octanol–water partition coefficient (Wildman–Crippen LogP) is 7.45. The Labute approximate surface area is 194 Å². The fraction of sp³-hybridized carbons (Fsp3) is 0.926. The number of nitrogens with one attached hydrogen (secondary N) is 2. The van der Waals surface area contributed by atoms with Gasteiger partial charge < -0.3 is 10.6 Å². The molecule has 0 unspecified atom stereocenters. The second-order valence-corrected chi connectivity index (χ2v) is 9.21. The topological polar surface area (TPSA) is 58.2 Å². The molecule has 0 aromatic rings. The van der Waals surface area contributed by atoms with E-state index in [9.17, 15) is 9.59 Å². The lowest BCUT2D eigenvalue weighted by Crippen LogP contribution is -2.25. The summed E-state index contributed by atoms with van der Waals surface area (Å²) in [5, 5.41) is 6.00. The number of rotatable bonds is 24. The van der Waals surface area contributed by atoms with Crippen LogP contribution in [0.25, 0.3) is 0 Å². The maximum atomic E-state index is 11.9. The lowest BCUT2D eigenvalue weighted by atomic mass is 10.0. The van der Waals surface area contributed by atoms with E-state index in [2.05, 4.69) is 24.5 Å². The minimum Gasteiger partial charge on any atom is -0.356 e. The Bertz CT molecular complexity index is 399. The highest BCUT2D eigenvalue weighted by Crippen LogP contribution is 2.13. The Hall–Kier alpha value is -1.06. The number of unbranched alkanes of at least 4 members (excludes halogenated alkanes) is 16. The van der Waals surface area contributed by atoms with Crippen LogP contribution in [0.1, 0.15) is 149 Å². The zero-order valence-electron chi connectivity index (χ0n) is 21.1. The first-order valence-corrected chi connectivity index (χ1v) is 13.7. The van der Waals surface area contributed by atoms with Crippen LogP contribution in [-0.2, 0) is 9.59 Å². The normalized spacial score (nSPS) is 10.9. The summed E-state index contributed by atoms with van der Waals surface area (Å²) in [5.41, 5.74) is 0. The average Bonchev–Trinajstić information content (AvgIpc) is 2.77. The van der Waals surface area contributed by atoms with E-state index in [0.29, 0.717) is 12.8 Å². The van der Waals surface area contributed by atoms with Crippen LogP contribution in [0.15, 0.2) is 0 Å². The van der Waals surface area contributed by atoms with Crippen LogP contribution in [0.3, 0.4) is 0 Å². The number of carbonyl (C=O) groups excluding carboxylic acids is 2. The molecule has 4 heteroatoms. The lowest BCUT2D eigenvalue weighted by molar-refractivity contribution is -0.122. The molecule has 0 aromatic heterocycles. The van der Waals surface area contributed by atoms with E-state index in [0.717, 1.165) is 45.2 Å². The maximum absolute atomic E-state index is 11.9. The van der Waals surface area contributed by atoms with Crippen molar-refractivity contribution in [2.45, 2.75) is 149 Å². The summed E-state index contributed by atoms with van der Waals surface area (Å²) in [4.78, 5) is 23.6. The van der Waals surface area contributed by atoms with Crippen LogP contribution in [0.5, 0.6) is 0 Å². The van der Waals surface area contributed by atoms with Crippen molar-refractivity contribution < 1.29 is 9.59 Å². The Morgan fingerprint density at radius 2 is 0.710 bits per heavy atom. The van der Waals surface area contributed by atoms with Crippen molar-refractivity contribution in [3.05, 3.63) is 0 Å². The Morgan fingerprint density at radius 3 is 1.13 bits per heavy atom. The molecule has 0 aliphatic carbocycles. The summed E-state index contributed by atoms with van der Waals surface area (Å²) in [6.07, 6.45) is 24.9. The third-order valence-corrected chi connectivity index (χ3v) is 6.01. The first-order chi connectivity index (χ1) is 15.2. The van der Waals surface area contributed by atoms with E-state index < -0.39 is 0 Å². The molecule has 0 aromatic carbocycles. The number of carbonyl (C=O) groups is 2. The fourth-order valence-electron chi connectivity index (χ4n) is 3.90. The molecule has 4 nitrogen and oxygen atoms in total. The van der Waals surface area contributed by atoms with Crippen LogP contribution in [0, 0.1) is 0 Å². The van der Waals surface area contributed by atoms with Gasteiger partial charge in [0, 0.05) is 25.9 Å². The molecule has 0 aliphatic rings. The molecule has 184 valence electrons. The third-order valence-electron chi connectivity index (χ3n) is 6.01. The minimum absolute atomic E-state index is 0.169. The van der Waals surface area contributed by atoms with Gasteiger partial charge in [-0.25, -0.2) is 0 Å². The fourth-order valence-corrected chi connectivity index (χ4v) is 3.90. The van der Waals surface area contributed by atoms with Crippen molar-refractivity contribution in [3.63, 3.8) is 0 Å².